The summed E-state index contributed by atoms with van der Waals surface area (Å²) in [5, 5.41) is 52.4. The number of rotatable bonds is 4. The van der Waals surface area contributed by atoms with E-state index in [1.54, 1.807) is 26.8 Å². The number of carbonyl (C=O) groups is 4. The van der Waals surface area contributed by atoms with Gasteiger partial charge in [0.05, 0.1) is 12.2 Å². The molecule has 308 valence electrons. The fraction of sp³-hybridized carbons (Fsp3) is 0.727. The lowest BCUT2D eigenvalue weighted by Gasteiger charge is -2.63. The van der Waals surface area contributed by atoms with Crippen LogP contribution in [0.2, 0.25) is 0 Å². The van der Waals surface area contributed by atoms with Gasteiger partial charge in [0.15, 0.2) is 34.5 Å². The van der Waals surface area contributed by atoms with Gasteiger partial charge in [-0.25, -0.2) is 13.2 Å². The summed E-state index contributed by atoms with van der Waals surface area (Å²) in [4.78, 5) is 48.6. The molecule has 0 heterocycles. The van der Waals surface area contributed by atoms with E-state index in [1.165, 1.54) is 31.2 Å². The molecule has 17 atom stereocenters. The Hall–Kier alpha value is -2.77. The largest absolute Gasteiger partial charge is 0.390 e. The van der Waals surface area contributed by atoms with E-state index in [1.807, 2.05) is 13.8 Å². The molecule has 9 nitrogen and oxygen atoms in total. The van der Waals surface area contributed by atoms with Gasteiger partial charge in [-0.15, -0.1) is 0 Å². The van der Waals surface area contributed by atoms with E-state index in [4.69, 9.17) is 0 Å². The summed E-state index contributed by atoms with van der Waals surface area (Å²) >= 11 is 0. The van der Waals surface area contributed by atoms with Crippen molar-refractivity contribution in [1.29, 1.82) is 0 Å². The lowest BCUT2D eigenvalue weighted by atomic mass is 9.44. The Morgan fingerprint density at radius 1 is 0.786 bits per heavy atom. The van der Waals surface area contributed by atoms with Crippen LogP contribution in [-0.2, 0) is 19.2 Å². The van der Waals surface area contributed by atoms with Gasteiger partial charge in [0.1, 0.15) is 25.0 Å². The number of hydrogen-bond donors (Lipinski definition) is 5. The molecule has 8 aliphatic rings. The van der Waals surface area contributed by atoms with Crippen LogP contribution in [0.3, 0.4) is 0 Å². The molecule has 1 unspecified atom stereocenters. The standard InChI is InChI=1S/C22H28F2O5.C22H29FO4/c1-11-6-13-14-8-16(23)15-7-12(26)4-5-19(15,2)21(14,24)17(27)9-20(13,3)22(11,29)18(28)10-25;1-12-8-16-15-5-4-13-9-14(25)6-7-21(13,3)22(15,23)18(27)10-20(16,2)19(12)17(26)11-24/h4-5,7,11,13-14,16-17,25,27,29H,6,8-10H2,1-3H3;6-7,9,12,15-16,18-19,24,27H,4-5,8,10-11H2,1-3H3/t11-,13-,14-,16-,17-,19-,20-,21-,22-;12-,15+,16+,18?,19-,20+,21+,22+/m01/s1. The lowest BCUT2D eigenvalue weighted by molar-refractivity contribution is -0.223. The fourth-order valence-corrected chi connectivity index (χ4v) is 14.6. The van der Waals surface area contributed by atoms with Crippen LogP contribution in [-0.4, -0.2) is 97.2 Å². The summed E-state index contributed by atoms with van der Waals surface area (Å²) in [6.07, 6.45) is 5.96. The Morgan fingerprint density at radius 2 is 1.38 bits per heavy atom. The first kappa shape index (κ1) is 41.4. The maximum Gasteiger partial charge on any atom is 0.190 e. The number of ketones is 4. The summed E-state index contributed by atoms with van der Waals surface area (Å²) in [5.74, 6) is -4.25. The third-order valence-corrected chi connectivity index (χ3v) is 17.3. The minimum atomic E-state index is -2.24. The van der Waals surface area contributed by atoms with Crippen molar-refractivity contribution in [2.45, 2.75) is 122 Å². The first-order chi connectivity index (χ1) is 26.0. The lowest BCUT2D eigenvalue weighted by Crippen LogP contribution is -2.70. The molecule has 0 saturated heterocycles. The second-order valence-electron chi connectivity index (χ2n) is 19.5. The number of hydrogen-bond acceptors (Lipinski definition) is 9. The Labute approximate surface area is 326 Å². The van der Waals surface area contributed by atoms with Crippen molar-refractivity contribution in [2.75, 3.05) is 13.2 Å². The van der Waals surface area contributed by atoms with Gasteiger partial charge in [-0.2, -0.15) is 0 Å². The van der Waals surface area contributed by atoms with Crippen molar-refractivity contribution >= 4 is 23.1 Å². The number of carbonyl (C=O) groups excluding carboxylic acids is 4. The summed E-state index contributed by atoms with van der Waals surface area (Å²) in [5.41, 5.74) is -9.39. The van der Waals surface area contributed by atoms with E-state index in [9.17, 15) is 44.7 Å². The van der Waals surface area contributed by atoms with E-state index >= 15 is 13.2 Å². The van der Waals surface area contributed by atoms with E-state index in [2.05, 4.69) is 0 Å². The van der Waals surface area contributed by atoms with Crippen LogP contribution in [0.5, 0.6) is 0 Å². The second kappa shape index (κ2) is 13.1. The molecule has 6 saturated carbocycles. The number of alkyl halides is 3. The van der Waals surface area contributed by atoms with E-state index in [0.29, 0.717) is 12.8 Å². The van der Waals surface area contributed by atoms with Gasteiger partial charge in [0, 0.05) is 34.0 Å². The van der Waals surface area contributed by atoms with Gasteiger partial charge in [-0.3, -0.25) is 19.2 Å². The Morgan fingerprint density at radius 3 is 2.00 bits per heavy atom. The monoisotopic (exact) mass is 786 g/mol. The van der Waals surface area contributed by atoms with Gasteiger partial charge in [-0.1, -0.05) is 45.4 Å². The zero-order valence-electron chi connectivity index (χ0n) is 33.1. The Kier molecular flexibility index (Phi) is 9.69. The van der Waals surface area contributed by atoms with E-state index in [0.717, 1.165) is 18.1 Å². The second-order valence-corrected chi connectivity index (χ2v) is 19.5. The molecule has 0 spiro atoms. The van der Waals surface area contributed by atoms with Crippen LogP contribution in [0.1, 0.15) is 86.5 Å². The third kappa shape index (κ3) is 4.97. The highest BCUT2D eigenvalue weighted by atomic mass is 19.2. The SMILES string of the molecule is C[C@@H]1C[C@H]2[C@@H]3CCC4=CC(=O)C=C[C@]4(C)[C@@]3(F)C(O)C[C@]2(C)[C@H]1C(=O)CO.C[C@H]1C[C@H]2[C@@H]3C[C@H](F)C4=CC(=O)C=C[C@]4(C)[C@@]3(F)[C@@H](O)C[C@]2(C)[C@@]1(O)C(=O)CO. The van der Waals surface area contributed by atoms with E-state index < -0.39 is 99.5 Å². The van der Waals surface area contributed by atoms with Crippen molar-refractivity contribution in [3.8, 4) is 0 Å². The fourth-order valence-electron chi connectivity index (χ4n) is 14.6. The zero-order chi connectivity index (χ0) is 41.3. The van der Waals surface area contributed by atoms with Crippen LogP contribution in [0, 0.1) is 63.1 Å². The van der Waals surface area contributed by atoms with Crippen LogP contribution in [0.4, 0.5) is 13.2 Å². The van der Waals surface area contributed by atoms with Gasteiger partial charge >= 0.3 is 0 Å². The van der Waals surface area contributed by atoms with Gasteiger partial charge in [-0.05, 0) is 118 Å². The van der Waals surface area contributed by atoms with Crippen molar-refractivity contribution in [3.63, 3.8) is 0 Å². The highest BCUT2D eigenvalue weighted by Gasteiger charge is 2.77. The normalized spacial score (nSPS) is 52.5. The first-order valence-corrected chi connectivity index (χ1v) is 20.2. The summed E-state index contributed by atoms with van der Waals surface area (Å²) in [7, 11) is 0. The average molecular weight is 787 g/mol. The number of fused-ring (bicyclic) bond motifs is 10. The molecule has 0 aromatic carbocycles. The molecule has 0 aromatic heterocycles. The highest BCUT2D eigenvalue weighted by Crippen LogP contribution is 2.72. The molecule has 5 N–H and O–H groups in total. The van der Waals surface area contributed by atoms with Gasteiger partial charge in [0.2, 0.25) is 0 Å². The number of aliphatic hydroxyl groups excluding tert-OH is 4. The molecule has 12 heteroatoms. The Bertz CT molecular complexity index is 1860. The quantitative estimate of drug-likeness (QED) is 0.273. The van der Waals surface area contributed by atoms with Crippen LogP contribution in [0.15, 0.2) is 47.6 Å². The number of aliphatic hydroxyl groups is 5. The molecular weight excluding hydrogens is 729 g/mol. The molecule has 56 heavy (non-hydrogen) atoms. The number of allylic oxidation sites excluding steroid dienone is 8. The van der Waals surface area contributed by atoms with Crippen molar-refractivity contribution in [2.24, 2.45) is 63.1 Å². The van der Waals surface area contributed by atoms with Crippen molar-refractivity contribution < 1.29 is 57.9 Å². The van der Waals surface area contributed by atoms with Gasteiger partial charge in [0.25, 0.3) is 0 Å². The topological polar surface area (TPSA) is 169 Å². The van der Waals surface area contributed by atoms with Gasteiger partial charge < -0.3 is 25.5 Å². The maximum atomic E-state index is 16.9. The highest BCUT2D eigenvalue weighted by molar-refractivity contribution is 6.02. The maximum absolute atomic E-state index is 16.9. The van der Waals surface area contributed by atoms with Crippen LogP contribution < -0.4 is 0 Å². The van der Waals surface area contributed by atoms with Crippen LogP contribution in [0.25, 0.3) is 0 Å². The minimum Gasteiger partial charge on any atom is -0.390 e. The first-order valence-electron chi connectivity index (χ1n) is 20.2. The predicted molar refractivity (Wildman–Crippen MR) is 199 cm³/mol. The molecule has 6 fully saturated rings. The van der Waals surface area contributed by atoms with Crippen LogP contribution >= 0.6 is 0 Å². The molecule has 8 aliphatic carbocycles. The van der Waals surface area contributed by atoms with E-state index in [-0.39, 0.29) is 66.5 Å². The summed E-state index contributed by atoms with van der Waals surface area (Å²) < 4.78 is 48.9. The summed E-state index contributed by atoms with van der Waals surface area (Å²) in [6, 6.07) is 0. The Balaban J connectivity index is 0.000000172. The minimum absolute atomic E-state index is 0.0224. The third-order valence-electron chi connectivity index (χ3n) is 17.3. The molecular formula is C44H57F3O9. The average Bonchev–Trinajstić information content (AvgIpc) is 3.52. The molecule has 0 aliphatic heterocycles. The smallest absolute Gasteiger partial charge is 0.190 e. The molecule has 0 bridgehead atoms. The number of halogens is 3. The molecule has 0 radical (unpaired) electrons. The predicted octanol–water partition coefficient (Wildman–Crippen LogP) is 4.62. The van der Waals surface area contributed by atoms with Crippen molar-refractivity contribution in [1.82, 2.24) is 0 Å². The molecule has 0 aromatic rings. The van der Waals surface area contributed by atoms with Crippen molar-refractivity contribution in [3.05, 3.63) is 47.6 Å². The zero-order valence-corrected chi connectivity index (χ0v) is 33.1. The number of Topliss-reactive ketones (excluding diaryl/α,β-unsaturated/α-hetero) is 2. The summed E-state index contributed by atoms with van der Waals surface area (Å²) in [6.45, 7) is 9.26. The molecule has 8 rings (SSSR count). The molecule has 0 amide bonds.